The number of hydrogen-bond acceptors (Lipinski definition) is 5. The average molecular weight is 538 g/mol. The molecule has 198 valence electrons. The number of piperidine rings is 1. The van der Waals surface area contributed by atoms with Crippen LogP contribution in [0.4, 0.5) is 8.78 Å². The molecule has 2 aliphatic heterocycles. The van der Waals surface area contributed by atoms with Gasteiger partial charge in [0.1, 0.15) is 11.9 Å². The van der Waals surface area contributed by atoms with Crippen LogP contribution in [-0.2, 0) is 10.5 Å². The Bertz CT molecular complexity index is 1280. The van der Waals surface area contributed by atoms with Crippen LogP contribution in [0, 0.1) is 11.6 Å². The second-order valence-corrected chi connectivity index (χ2v) is 10.7. The zero-order chi connectivity index (χ0) is 26.6. The monoisotopic (exact) mass is 537 g/mol. The number of rotatable bonds is 8. The zero-order valence-corrected chi connectivity index (χ0v) is 21.9. The van der Waals surface area contributed by atoms with Gasteiger partial charge >= 0.3 is 5.97 Å². The molecule has 2 saturated heterocycles. The highest BCUT2D eigenvalue weighted by atomic mass is 32.2. The molecule has 2 atom stereocenters. The third-order valence-corrected chi connectivity index (χ3v) is 8.15. The standard InChI is InChI=1S/C30H29F2NO4S/c1-2-36-30(35)21-7-11-24(12-8-21)37-25-15-22-9-10-23(16-25)33(22)29(34)20-5-3-19(4-6-20)18-38-26-13-14-27(31)28(32)17-26/h3-8,11-14,17,22-23,25H,2,9-10,15-16,18H2,1H3. The Morgan fingerprint density at radius 1 is 0.895 bits per heavy atom. The van der Waals surface area contributed by atoms with Crippen LogP contribution in [-0.4, -0.2) is 41.6 Å². The van der Waals surface area contributed by atoms with Crippen LogP contribution in [0.15, 0.2) is 71.6 Å². The molecule has 38 heavy (non-hydrogen) atoms. The molecule has 8 heteroatoms. The third-order valence-electron chi connectivity index (χ3n) is 7.09. The van der Waals surface area contributed by atoms with Gasteiger partial charge in [-0.3, -0.25) is 4.79 Å². The Morgan fingerprint density at radius 3 is 2.18 bits per heavy atom. The Kier molecular flexibility index (Phi) is 7.98. The number of esters is 1. The summed E-state index contributed by atoms with van der Waals surface area (Å²) in [7, 11) is 0. The van der Waals surface area contributed by atoms with E-state index >= 15 is 0 Å². The summed E-state index contributed by atoms with van der Waals surface area (Å²) in [6.45, 7) is 2.11. The van der Waals surface area contributed by atoms with Crippen LogP contribution >= 0.6 is 11.8 Å². The van der Waals surface area contributed by atoms with E-state index in [1.54, 1.807) is 37.3 Å². The molecule has 0 saturated carbocycles. The maximum Gasteiger partial charge on any atom is 0.338 e. The molecular formula is C30H29F2NO4S. The van der Waals surface area contributed by atoms with Gasteiger partial charge in [-0.15, -0.1) is 11.8 Å². The number of carbonyl (C=O) groups is 2. The van der Waals surface area contributed by atoms with E-state index in [1.165, 1.54) is 17.8 Å². The first-order chi connectivity index (χ1) is 18.4. The van der Waals surface area contributed by atoms with E-state index in [-0.39, 0.29) is 30.1 Å². The van der Waals surface area contributed by atoms with Gasteiger partial charge in [0.25, 0.3) is 5.91 Å². The molecule has 2 fully saturated rings. The first-order valence-electron chi connectivity index (χ1n) is 12.8. The quantitative estimate of drug-likeness (QED) is 0.238. The molecule has 5 nitrogen and oxygen atoms in total. The summed E-state index contributed by atoms with van der Waals surface area (Å²) in [5, 5.41) is 0. The van der Waals surface area contributed by atoms with E-state index in [2.05, 4.69) is 0 Å². The van der Waals surface area contributed by atoms with E-state index in [0.717, 1.165) is 37.3 Å². The Hall–Kier alpha value is -3.39. The van der Waals surface area contributed by atoms with Gasteiger partial charge in [-0.1, -0.05) is 12.1 Å². The fourth-order valence-corrected chi connectivity index (χ4v) is 6.13. The molecule has 2 heterocycles. The number of hydrogen-bond donors (Lipinski definition) is 0. The normalized spacial score (nSPS) is 20.3. The molecule has 0 radical (unpaired) electrons. The van der Waals surface area contributed by atoms with Crippen molar-refractivity contribution in [1.82, 2.24) is 4.90 Å². The highest BCUT2D eigenvalue weighted by Gasteiger charge is 2.44. The smallest absolute Gasteiger partial charge is 0.338 e. The fourth-order valence-electron chi connectivity index (χ4n) is 5.26. The summed E-state index contributed by atoms with van der Waals surface area (Å²) < 4.78 is 37.8. The Balaban J connectivity index is 1.16. The van der Waals surface area contributed by atoms with Gasteiger partial charge in [0.05, 0.1) is 12.2 Å². The first kappa shape index (κ1) is 26.2. The highest BCUT2D eigenvalue weighted by molar-refractivity contribution is 7.98. The highest BCUT2D eigenvalue weighted by Crippen LogP contribution is 2.38. The molecule has 3 aromatic carbocycles. The van der Waals surface area contributed by atoms with Crippen molar-refractivity contribution in [2.24, 2.45) is 0 Å². The summed E-state index contributed by atoms with van der Waals surface area (Å²) in [6, 6.07) is 18.7. The van der Waals surface area contributed by atoms with Crippen LogP contribution in [0.2, 0.25) is 0 Å². The molecule has 0 aliphatic carbocycles. The second-order valence-electron chi connectivity index (χ2n) is 9.62. The van der Waals surface area contributed by atoms with Crippen molar-refractivity contribution < 1.29 is 27.8 Å². The molecule has 5 rings (SSSR count). The molecule has 2 bridgehead atoms. The number of thioether (sulfide) groups is 1. The summed E-state index contributed by atoms with van der Waals surface area (Å²) in [6.07, 6.45) is 3.47. The SMILES string of the molecule is CCOC(=O)c1ccc(OC2CC3CCC(C2)N3C(=O)c2ccc(CSc3ccc(F)c(F)c3)cc2)cc1. The number of benzene rings is 3. The Labute approximate surface area is 225 Å². The third kappa shape index (κ3) is 5.85. The minimum Gasteiger partial charge on any atom is -0.490 e. The number of nitrogens with zero attached hydrogens (tertiary/aromatic N) is 1. The summed E-state index contributed by atoms with van der Waals surface area (Å²) in [5.74, 6) is -0.723. The molecule has 1 amide bonds. The predicted octanol–water partition coefficient (Wildman–Crippen LogP) is 6.65. The van der Waals surface area contributed by atoms with Gasteiger partial charge in [-0.25, -0.2) is 13.6 Å². The van der Waals surface area contributed by atoms with Crippen molar-refractivity contribution in [1.29, 1.82) is 0 Å². The number of amides is 1. The lowest BCUT2D eigenvalue weighted by atomic mass is 9.98. The van der Waals surface area contributed by atoms with E-state index in [0.29, 0.717) is 34.1 Å². The molecular weight excluding hydrogens is 508 g/mol. The van der Waals surface area contributed by atoms with Gasteiger partial charge < -0.3 is 14.4 Å². The maximum absolute atomic E-state index is 13.4. The van der Waals surface area contributed by atoms with Gasteiger partial charge in [0.2, 0.25) is 0 Å². The van der Waals surface area contributed by atoms with E-state index < -0.39 is 11.6 Å². The summed E-state index contributed by atoms with van der Waals surface area (Å²) in [5.41, 5.74) is 2.14. The molecule has 2 unspecified atom stereocenters. The van der Waals surface area contributed by atoms with Gasteiger partial charge in [0.15, 0.2) is 11.6 Å². The van der Waals surface area contributed by atoms with Crippen LogP contribution in [0.3, 0.4) is 0 Å². The predicted molar refractivity (Wildman–Crippen MR) is 141 cm³/mol. The largest absolute Gasteiger partial charge is 0.490 e. The second kappa shape index (κ2) is 11.6. The van der Waals surface area contributed by atoms with Gasteiger partial charge in [0, 0.05) is 41.1 Å². The number of halogens is 2. The number of carbonyl (C=O) groups excluding carboxylic acids is 2. The van der Waals surface area contributed by atoms with E-state index in [1.807, 2.05) is 29.2 Å². The maximum atomic E-state index is 13.4. The molecule has 3 aromatic rings. The van der Waals surface area contributed by atoms with Crippen LogP contribution in [0.5, 0.6) is 5.75 Å². The van der Waals surface area contributed by atoms with Gasteiger partial charge in [-0.05, 0) is 79.9 Å². The minimum atomic E-state index is -0.855. The summed E-state index contributed by atoms with van der Waals surface area (Å²) >= 11 is 1.42. The van der Waals surface area contributed by atoms with E-state index in [9.17, 15) is 18.4 Å². The summed E-state index contributed by atoms with van der Waals surface area (Å²) in [4.78, 5) is 27.9. The van der Waals surface area contributed by atoms with Crippen molar-refractivity contribution >= 4 is 23.6 Å². The molecule has 2 aliphatic rings. The van der Waals surface area contributed by atoms with Crippen molar-refractivity contribution in [3.05, 3.63) is 95.1 Å². The van der Waals surface area contributed by atoms with Crippen molar-refractivity contribution in [2.75, 3.05) is 6.61 Å². The molecule has 0 spiro atoms. The van der Waals surface area contributed by atoms with Crippen LogP contribution < -0.4 is 4.74 Å². The molecule has 0 N–H and O–H groups in total. The van der Waals surface area contributed by atoms with E-state index in [4.69, 9.17) is 9.47 Å². The lowest BCUT2D eigenvalue weighted by molar-refractivity contribution is 0.0359. The minimum absolute atomic E-state index is 0.0145. The number of fused-ring (bicyclic) bond motifs is 2. The topological polar surface area (TPSA) is 55.8 Å². The van der Waals surface area contributed by atoms with Crippen LogP contribution in [0.25, 0.3) is 0 Å². The Morgan fingerprint density at radius 2 is 1.55 bits per heavy atom. The van der Waals surface area contributed by atoms with Crippen molar-refractivity contribution in [3.8, 4) is 5.75 Å². The fraction of sp³-hybridized carbons (Fsp3) is 0.333. The van der Waals surface area contributed by atoms with Crippen molar-refractivity contribution in [3.63, 3.8) is 0 Å². The lowest BCUT2D eigenvalue weighted by Gasteiger charge is -2.39. The van der Waals surface area contributed by atoms with Crippen molar-refractivity contribution in [2.45, 2.75) is 61.4 Å². The first-order valence-corrected chi connectivity index (χ1v) is 13.8. The number of ether oxygens (including phenoxy) is 2. The van der Waals surface area contributed by atoms with Crippen LogP contribution in [0.1, 0.15) is 58.9 Å². The zero-order valence-electron chi connectivity index (χ0n) is 21.1. The average Bonchev–Trinajstić information content (AvgIpc) is 3.19. The van der Waals surface area contributed by atoms with Gasteiger partial charge in [-0.2, -0.15) is 0 Å². The lowest BCUT2D eigenvalue weighted by Crippen LogP contribution is -2.49. The molecule has 0 aromatic heterocycles.